The molecule has 2 heterocycles. The number of anilines is 1. The van der Waals surface area contributed by atoms with Gasteiger partial charge < -0.3 is 9.64 Å². The van der Waals surface area contributed by atoms with Crippen LogP contribution in [-0.4, -0.2) is 54.3 Å². The summed E-state index contributed by atoms with van der Waals surface area (Å²) in [5.41, 5.74) is 2.13. The highest BCUT2D eigenvalue weighted by Crippen LogP contribution is 2.18. The molecule has 0 spiro atoms. The maximum atomic E-state index is 5.36. The van der Waals surface area contributed by atoms with Gasteiger partial charge in [0.1, 0.15) is 12.1 Å². The normalized spacial score (nSPS) is 16.3. The van der Waals surface area contributed by atoms with Crippen LogP contribution in [0.15, 0.2) is 19.1 Å². The van der Waals surface area contributed by atoms with Gasteiger partial charge in [0.2, 0.25) is 0 Å². The van der Waals surface area contributed by atoms with Crippen LogP contribution < -0.4 is 4.90 Å². The van der Waals surface area contributed by atoms with Crippen molar-refractivity contribution in [2.24, 2.45) is 0 Å². The molecule has 19 heavy (non-hydrogen) atoms. The minimum Gasteiger partial charge on any atom is -0.379 e. The SMILES string of the molecule is C=CN(CCN1CCOCC1)c1ncnc(C)c1C. The summed E-state index contributed by atoms with van der Waals surface area (Å²) >= 11 is 0. The molecule has 0 bridgehead atoms. The molecule has 0 amide bonds. The molecule has 1 aliphatic heterocycles. The lowest BCUT2D eigenvalue weighted by Gasteiger charge is -2.29. The summed E-state index contributed by atoms with van der Waals surface area (Å²) in [6.07, 6.45) is 3.46. The first kappa shape index (κ1) is 14.0. The fourth-order valence-electron chi connectivity index (χ4n) is 2.17. The monoisotopic (exact) mass is 262 g/mol. The van der Waals surface area contributed by atoms with Crippen LogP contribution in [0.2, 0.25) is 0 Å². The Labute approximate surface area is 114 Å². The average molecular weight is 262 g/mol. The van der Waals surface area contributed by atoms with E-state index in [0.717, 1.165) is 56.5 Å². The summed E-state index contributed by atoms with van der Waals surface area (Å²) in [5.74, 6) is 0.954. The Hall–Kier alpha value is -1.46. The van der Waals surface area contributed by atoms with E-state index in [1.54, 1.807) is 6.33 Å². The van der Waals surface area contributed by atoms with Gasteiger partial charge in [-0.2, -0.15) is 0 Å². The van der Waals surface area contributed by atoms with Gasteiger partial charge in [-0.3, -0.25) is 4.90 Å². The Kier molecular flexibility index (Phi) is 4.87. The minimum atomic E-state index is 0.833. The Bertz CT molecular complexity index is 429. The van der Waals surface area contributed by atoms with Crippen LogP contribution >= 0.6 is 0 Å². The van der Waals surface area contributed by atoms with Crippen LogP contribution in [0.3, 0.4) is 0 Å². The molecule has 1 aromatic heterocycles. The highest BCUT2D eigenvalue weighted by molar-refractivity contribution is 5.49. The summed E-state index contributed by atoms with van der Waals surface area (Å²) in [5, 5.41) is 0. The number of morpholine rings is 1. The third-order valence-electron chi connectivity index (χ3n) is 3.56. The summed E-state index contributed by atoms with van der Waals surface area (Å²) < 4.78 is 5.36. The van der Waals surface area contributed by atoms with E-state index in [1.807, 2.05) is 13.1 Å². The second-order valence-corrected chi connectivity index (χ2v) is 4.74. The molecule has 0 N–H and O–H groups in total. The van der Waals surface area contributed by atoms with Gasteiger partial charge in [0, 0.05) is 37.4 Å². The van der Waals surface area contributed by atoms with Crippen LogP contribution in [0.1, 0.15) is 11.3 Å². The van der Waals surface area contributed by atoms with Crippen molar-refractivity contribution in [3.8, 4) is 0 Å². The van der Waals surface area contributed by atoms with Crippen LogP contribution in [0.5, 0.6) is 0 Å². The number of nitrogens with zero attached hydrogens (tertiary/aromatic N) is 4. The molecule has 5 nitrogen and oxygen atoms in total. The second-order valence-electron chi connectivity index (χ2n) is 4.74. The van der Waals surface area contributed by atoms with Crippen LogP contribution in [0.4, 0.5) is 5.82 Å². The maximum absolute atomic E-state index is 5.36. The lowest BCUT2D eigenvalue weighted by molar-refractivity contribution is 0.0393. The van der Waals surface area contributed by atoms with E-state index >= 15 is 0 Å². The molecule has 1 aliphatic rings. The highest BCUT2D eigenvalue weighted by atomic mass is 16.5. The lowest BCUT2D eigenvalue weighted by atomic mass is 10.2. The zero-order valence-corrected chi connectivity index (χ0v) is 11.8. The molecule has 0 aromatic carbocycles. The Morgan fingerprint density at radius 1 is 1.37 bits per heavy atom. The van der Waals surface area contributed by atoms with Gasteiger partial charge in [-0.1, -0.05) is 6.58 Å². The summed E-state index contributed by atoms with van der Waals surface area (Å²) in [7, 11) is 0. The third-order valence-corrected chi connectivity index (χ3v) is 3.56. The second kappa shape index (κ2) is 6.63. The van der Waals surface area contributed by atoms with E-state index in [4.69, 9.17) is 4.74 Å². The standard InChI is InChI=1S/C14H22N4O/c1-4-18(6-5-17-7-9-19-10-8-17)14-12(2)13(3)15-11-16-14/h4,11H,1,5-10H2,2-3H3. The van der Waals surface area contributed by atoms with E-state index in [-0.39, 0.29) is 0 Å². The molecular formula is C14H22N4O. The first-order chi connectivity index (χ1) is 9.22. The minimum absolute atomic E-state index is 0.833. The van der Waals surface area contributed by atoms with Crippen molar-refractivity contribution in [2.45, 2.75) is 13.8 Å². The van der Waals surface area contributed by atoms with E-state index in [1.165, 1.54) is 0 Å². The topological polar surface area (TPSA) is 41.5 Å². The Balaban J connectivity index is 1.99. The van der Waals surface area contributed by atoms with Gasteiger partial charge in [-0.15, -0.1) is 0 Å². The van der Waals surface area contributed by atoms with Crippen LogP contribution in [-0.2, 0) is 4.74 Å². The summed E-state index contributed by atoms with van der Waals surface area (Å²) in [6.45, 7) is 13.5. The van der Waals surface area contributed by atoms with Gasteiger partial charge in [0.05, 0.1) is 13.2 Å². The van der Waals surface area contributed by atoms with Crippen molar-refractivity contribution in [2.75, 3.05) is 44.3 Å². The third kappa shape index (κ3) is 3.52. The van der Waals surface area contributed by atoms with Crippen molar-refractivity contribution < 1.29 is 4.74 Å². The number of ether oxygens (including phenoxy) is 1. The van der Waals surface area contributed by atoms with Crippen molar-refractivity contribution >= 4 is 5.82 Å². The molecule has 1 fully saturated rings. The van der Waals surface area contributed by atoms with Crippen molar-refractivity contribution in [3.05, 3.63) is 30.4 Å². The molecule has 0 atom stereocenters. The number of aromatic nitrogens is 2. The quantitative estimate of drug-likeness (QED) is 0.802. The highest BCUT2D eigenvalue weighted by Gasteiger charge is 2.14. The zero-order chi connectivity index (χ0) is 13.7. The number of hydrogen-bond donors (Lipinski definition) is 0. The van der Waals surface area contributed by atoms with Crippen LogP contribution in [0.25, 0.3) is 0 Å². The zero-order valence-electron chi connectivity index (χ0n) is 11.8. The number of aryl methyl sites for hydroxylation is 1. The van der Waals surface area contributed by atoms with Crippen molar-refractivity contribution in [1.82, 2.24) is 14.9 Å². The Morgan fingerprint density at radius 2 is 2.11 bits per heavy atom. The van der Waals surface area contributed by atoms with Crippen molar-refractivity contribution in [1.29, 1.82) is 0 Å². The fourth-order valence-corrected chi connectivity index (χ4v) is 2.17. The smallest absolute Gasteiger partial charge is 0.139 e. The molecule has 1 saturated heterocycles. The van der Waals surface area contributed by atoms with E-state index in [9.17, 15) is 0 Å². The van der Waals surface area contributed by atoms with Gasteiger partial charge in [-0.25, -0.2) is 9.97 Å². The summed E-state index contributed by atoms with van der Waals surface area (Å²) in [4.78, 5) is 13.1. The fraction of sp³-hybridized carbons (Fsp3) is 0.571. The van der Waals surface area contributed by atoms with E-state index in [0.29, 0.717) is 0 Å². The Morgan fingerprint density at radius 3 is 2.79 bits per heavy atom. The molecule has 0 saturated carbocycles. The lowest BCUT2D eigenvalue weighted by Crippen LogP contribution is -2.40. The van der Waals surface area contributed by atoms with Gasteiger partial charge in [0.15, 0.2) is 0 Å². The van der Waals surface area contributed by atoms with Crippen molar-refractivity contribution in [3.63, 3.8) is 0 Å². The van der Waals surface area contributed by atoms with Crippen LogP contribution in [0, 0.1) is 13.8 Å². The molecule has 0 unspecified atom stereocenters. The molecule has 0 aliphatic carbocycles. The molecule has 1 aromatic rings. The molecular weight excluding hydrogens is 240 g/mol. The predicted molar refractivity (Wildman–Crippen MR) is 76.3 cm³/mol. The molecule has 0 radical (unpaired) electrons. The summed E-state index contributed by atoms with van der Waals surface area (Å²) in [6, 6.07) is 0. The first-order valence-electron chi connectivity index (χ1n) is 6.70. The van der Waals surface area contributed by atoms with E-state index < -0.39 is 0 Å². The average Bonchev–Trinajstić information content (AvgIpc) is 2.45. The van der Waals surface area contributed by atoms with E-state index in [2.05, 4.69) is 33.3 Å². The van der Waals surface area contributed by atoms with Gasteiger partial charge in [0.25, 0.3) is 0 Å². The first-order valence-corrected chi connectivity index (χ1v) is 6.70. The number of hydrogen-bond acceptors (Lipinski definition) is 5. The predicted octanol–water partition coefficient (Wildman–Crippen LogP) is 1.38. The van der Waals surface area contributed by atoms with Gasteiger partial charge >= 0.3 is 0 Å². The molecule has 2 rings (SSSR count). The molecule has 104 valence electrons. The molecule has 5 heteroatoms. The maximum Gasteiger partial charge on any atom is 0.139 e. The number of rotatable bonds is 5. The van der Waals surface area contributed by atoms with Gasteiger partial charge in [-0.05, 0) is 20.0 Å². The largest absolute Gasteiger partial charge is 0.379 e.